The quantitative estimate of drug-likeness (QED) is 0.772. The molecule has 1 amide bonds. The molecule has 2 rings (SSSR count). The van der Waals surface area contributed by atoms with E-state index in [-0.39, 0.29) is 11.3 Å². The predicted molar refractivity (Wildman–Crippen MR) is 73.7 cm³/mol. The molecule has 0 saturated carbocycles. The average Bonchev–Trinajstić information content (AvgIpc) is 2.81. The Kier molecular flexibility index (Phi) is 4.66. The van der Waals surface area contributed by atoms with E-state index in [9.17, 15) is 4.79 Å². The van der Waals surface area contributed by atoms with Gasteiger partial charge in [-0.2, -0.15) is 0 Å². The number of carbonyl (C=O) groups excluding carboxylic acids is 1. The summed E-state index contributed by atoms with van der Waals surface area (Å²) in [5.41, 5.74) is 1.08. The number of rotatable bonds is 5. The average molecular weight is 284 g/mol. The number of carbonyl (C=O) groups is 1. The number of benzene rings is 1. The van der Waals surface area contributed by atoms with Gasteiger partial charge in [-0.3, -0.25) is 4.79 Å². The van der Waals surface area contributed by atoms with Gasteiger partial charge in [-0.15, -0.1) is 11.6 Å². The SMILES string of the molecule is COCC(Cl)CN(C)C(=O)C1Cc2ccccc2O1. The van der Waals surface area contributed by atoms with E-state index in [1.54, 1.807) is 19.1 Å². The first-order valence-corrected chi connectivity index (χ1v) is 6.68. The van der Waals surface area contributed by atoms with Crippen molar-refractivity contribution in [3.8, 4) is 5.75 Å². The van der Waals surface area contributed by atoms with Crippen molar-refractivity contribution in [1.29, 1.82) is 0 Å². The maximum Gasteiger partial charge on any atom is 0.263 e. The second-order valence-electron chi connectivity index (χ2n) is 4.69. The lowest BCUT2D eigenvalue weighted by Gasteiger charge is -2.22. The number of hydrogen-bond acceptors (Lipinski definition) is 3. The van der Waals surface area contributed by atoms with E-state index in [4.69, 9.17) is 21.1 Å². The largest absolute Gasteiger partial charge is 0.480 e. The third kappa shape index (κ3) is 3.39. The number of amides is 1. The Labute approximate surface area is 118 Å². The molecule has 0 saturated heterocycles. The van der Waals surface area contributed by atoms with Crippen LogP contribution < -0.4 is 4.74 Å². The number of ether oxygens (including phenoxy) is 2. The van der Waals surface area contributed by atoms with Gasteiger partial charge in [0.25, 0.3) is 5.91 Å². The Morgan fingerprint density at radius 2 is 2.32 bits per heavy atom. The minimum atomic E-state index is -0.436. The Morgan fingerprint density at radius 3 is 3.00 bits per heavy atom. The van der Waals surface area contributed by atoms with Gasteiger partial charge in [-0.05, 0) is 11.6 Å². The van der Waals surface area contributed by atoms with Crippen LogP contribution in [0.1, 0.15) is 5.56 Å². The van der Waals surface area contributed by atoms with E-state index in [2.05, 4.69) is 0 Å². The molecule has 0 fully saturated rings. The van der Waals surface area contributed by atoms with Gasteiger partial charge in [0.05, 0.1) is 12.0 Å². The second kappa shape index (κ2) is 6.26. The summed E-state index contributed by atoms with van der Waals surface area (Å²) in [7, 11) is 3.33. The van der Waals surface area contributed by atoms with E-state index in [1.807, 2.05) is 24.3 Å². The zero-order valence-corrected chi connectivity index (χ0v) is 11.9. The molecule has 0 aliphatic carbocycles. The van der Waals surface area contributed by atoms with E-state index >= 15 is 0 Å². The van der Waals surface area contributed by atoms with Crippen LogP contribution in [0.5, 0.6) is 5.75 Å². The van der Waals surface area contributed by atoms with Gasteiger partial charge in [0.15, 0.2) is 6.10 Å². The van der Waals surface area contributed by atoms with E-state index in [0.29, 0.717) is 19.6 Å². The van der Waals surface area contributed by atoms with Crippen LogP contribution in [0.3, 0.4) is 0 Å². The smallest absolute Gasteiger partial charge is 0.263 e. The first kappa shape index (κ1) is 14.2. The highest BCUT2D eigenvalue weighted by molar-refractivity contribution is 6.21. The Morgan fingerprint density at radius 1 is 1.58 bits per heavy atom. The molecule has 0 bridgehead atoms. The van der Waals surface area contributed by atoms with Crippen molar-refractivity contribution < 1.29 is 14.3 Å². The molecular weight excluding hydrogens is 266 g/mol. The number of methoxy groups -OCH3 is 1. The third-order valence-corrected chi connectivity index (χ3v) is 3.38. The number of hydrogen-bond donors (Lipinski definition) is 0. The van der Waals surface area contributed by atoms with Gasteiger partial charge >= 0.3 is 0 Å². The maximum absolute atomic E-state index is 12.3. The van der Waals surface area contributed by atoms with Crippen LogP contribution in [0.15, 0.2) is 24.3 Å². The number of para-hydroxylation sites is 1. The molecule has 1 aliphatic rings. The zero-order valence-electron chi connectivity index (χ0n) is 11.1. The number of halogens is 1. The lowest BCUT2D eigenvalue weighted by atomic mass is 10.1. The van der Waals surface area contributed by atoms with Crippen molar-refractivity contribution in [1.82, 2.24) is 4.90 Å². The zero-order chi connectivity index (χ0) is 13.8. The minimum Gasteiger partial charge on any atom is -0.480 e. The third-order valence-electron chi connectivity index (χ3n) is 3.12. The highest BCUT2D eigenvalue weighted by Crippen LogP contribution is 2.28. The topological polar surface area (TPSA) is 38.8 Å². The predicted octanol–water partition coefficient (Wildman–Crippen LogP) is 1.70. The summed E-state index contributed by atoms with van der Waals surface area (Å²) in [5, 5.41) is -0.206. The first-order chi connectivity index (χ1) is 9.11. The maximum atomic E-state index is 12.3. The number of nitrogens with zero attached hydrogens (tertiary/aromatic N) is 1. The molecule has 1 aromatic carbocycles. The fourth-order valence-corrected chi connectivity index (χ4v) is 2.52. The van der Waals surface area contributed by atoms with Crippen LogP contribution in [-0.2, 0) is 16.0 Å². The molecule has 0 radical (unpaired) electrons. The number of likely N-dealkylation sites (N-methyl/N-ethyl adjacent to an activating group) is 1. The summed E-state index contributed by atoms with van der Waals surface area (Å²) < 4.78 is 10.6. The molecule has 4 nitrogen and oxygen atoms in total. The Hall–Kier alpha value is -1.26. The Balaban J connectivity index is 1.91. The summed E-state index contributed by atoms with van der Waals surface area (Å²) in [6.45, 7) is 0.870. The van der Waals surface area contributed by atoms with Crippen molar-refractivity contribution in [2.75, 3.05) is 27.3 Å². The lowest BCUT2D eigenvalue weighted by molar-refractivity contribution is -0.136. The van der Waals surface area contributed by atoms with Gasteiger partial charge in [-0.25, -0.2) is 0 Å². The molecule has 0 aromatic heterocycles. The summed E-state index contributed by atoms with van der Waals surface area (Å²) in [4.78, 5) is 13.9. The van der Waals surface area contributed by atoms with Gasteiger partial charge in [0.2, 0.25) is 0 Å². The monoisotopic (exact) mass is 283 g/mol. The van der Waals surface area contributed by atoms with Crippen LogP contribution in [0.2, 0.25) is 0 Å². The normalized spacial score (nSPS) is 18.6. The molecule has 19 heavy (non-hydrogen) atoms. The van der Waals surface area contributed by atoms with Crippen molar-refractivity contribution in [3.05, 3.63) is 29.8 Å². The van der Waals surface area contributed by atoms with E-state index in [1.165, 1.54) is 0 Å². The summed E-state index contributed by atoms with van der Waals surface area (Å²) in [6.07, 6.45) is 0.185. The molecule has 0 N–H and O–H groups in total. The molecular formula is C14H18ClNO3. The van der Waals surface area contributed by atoms with Crippen molar-refractivity contribution in [3.63, 3.8) is 0 Å². The molecule has 104 valence electrons. The molecule has 2 unspecified atom stereocenters. The van der Waals surface area contributed by atoms with Crippen molar-refractivity contribution >= 4 is 17.5 Å². The summed E-state index contributed by atoms with van der Waals surface area (Å²) >= 11 is 6.06. The van der Waals surface area contributed by atoms with Crippen molar-refractivity contribution in [2.45, 2.75) is 17.9 Å². The first-order valence-electron chi connectivity index (χ1n) is 6.24. The number of alkyl halides is 1. The highest BCUT2D eigenvalue weighted by Gasteiger charge is 2.31. The molecule has 1 aliphatic heterocycles. The molecule has 2 atom stereocenters. The van der Waals surface area contributed by atoms with Crippen LogP contribution in [0.25, 0.3) is 0 Å². The van der Waals surface area contributed by atoms with Crippen LogP contribution in [-0.4, -0.2) is 49.6 Å². The van der Waals surface area contributed by atoms with E-state index in [0.717, 1.165) is 11.3 Å². The van der Waals surface area contributed by atoms with Crippen LogP contribution in [0.4, 0.5) is 0 Å². The molecule has 5 heteroatoms. The second-order valence-corrected chi connectivity index (χ2v) is 5.31. The highest BCUT2D eigenvalue weighted by atomic mass is 35.5. The van der Waals surface area contributed by atoms with E-state index < -0.39 is 6.10 Å². The fraction of sp³-hybridized carbons (Fsp3) is 0.500. The minimum absolute atomic E-state index is 0.0436. The fourth-order valence-electron chi connectivity index (χ4n) is 2.19. The lowest BCUT2D eigenvalue weighted by Crippen LogP contribution is -2.42. The summed E-state index contributed by atoms with van der Waals surface area (Å²) in [5.74, 6) is 0.756. The standard InChI is InChI=1S/C14H18ClNO3/c1-16(8-11(15)9-18-2)14(17)13-7-10-5-3-4-6-12(10)19-13/h3-6,11,13H,7-9H2,1-2H3. The van der Waals surface area contributed by atoms with Crippen LogP contribution >= 0.6 is 11.6 Å². The summed E-state index contributed by atoms with van der Waals surface area (Å²) in [6, 6.07) is 7.73. The Bertz CT molecular complexity index is 427. The van der Waals surface area contributed by atoms with Crippen LogP contribution in [0, 0.1) is 0 Å². The van der Waals surface area contributed by atoms with Crippen molar-refractivity contribution in [2.24, 2.45) is 0 Å². The van der Waals surface area contributed by atoms with Gasteiger partial charge in [0.1, 0.15) is 5.75 Å². The molecule has 1 heterocycles. The van der Waals surface area contributed by atoms with Gasteiger partial charge in [0, 0.05) is 27.1 Å². The van der Waals surface area contributed by atoms with Gasteiger partial charge < -0.3 is 14.4 Å². The number of fused-ring (bicyclic) bond motifs is 1. The molecule has 1 aromatic rings. The molecule has 0 spiro atoms. The van der Waals surface area contributed by atoms with Gasteiger partial charge in [-0.1, -0.05) is 18.2 Å².